The van der Waals surface area contributed by atoms with Crippen molar-refractivity contribution in [2.75, 3.05) is 0 Å². The van der Waals surface area contributed by atoms with Crippen LogP contribution in [-0.2, 0) is 0 Å². The van der Waals surface area contributed by atoms with Crippen molar-refractivity contribution in [3.63, 3.8) is 0 Å². The Morgan fingerprint density at radius 3 is 2.35 bits per heavy atom. The summed E-state index contributed by atoms with van der Waals surface area (Å²) in [6, 6.07) is 4.32. The highest BCUT2D eigenvalue weighted by Crippen LogP contribution is 2.46. The molecule has 0 aromatic heterocycles. The molecule has 0 heterocycles. The topological polar surface area (TPSA) is 20.2 Å². The molecule has 1 nitrogen and oxygen atoms in total. The molecule has 0 unspecified atom stereocenters. The van der Waals surface area contributed by atoms with Crippen molar-refractivity contribution >= 4 is 0 Å². The molecule has 0 amide bonds. The lowest BCUT2D eigenvalue weighted by Gasteiger charge is -2.19. The first-order chi connectivity index (χ1) is 8.04. The van der Waals surface area contributed by atoms with Gasteiger partial charge in [0.05, 0.1) is 0 Å². The van der Waals surface area contributed by atoms with Crippen LogP contribution in [0.15, 0.2) is 12.1 Å². The first-order valence-corrected chi connectivity index (χ1v) is 6.88. The molecule has 1 heteroatoms. The Morgan fingerprint density at radius 2 is 1.82 bits per heavy atom. The summed E-state index contributed by atoms with van der Waals surface area (Å²) >= 11 is 0. The fraction of sp³-hybridized carbons (Fsp3) is 0.625. The second-order valence-corrected chi connectivity index (χ2v) is 5.73. The maximum Gasteiger partial charge on any atom is 0.122 e. The lowest BCUT2D eigenvalue weighted by Crippen LogP contribution is -2.01. The smallest absolute Gasteiger partial charge is 0.122 e. The Bertz CT molecular complexity index is 404. The number of hydrogen-bond acceptors (Lipinski definition) is 1. The predicted molar refractivity (Wildman–Crippen MR) is 72.7 cm³/mol. The molecule has 0 bridgehead atoms. The maximum atomic E-state index is 10.5. The molecule has 1 aliphatic carbocycles. The van der Waals surface area contributed by atoms with Crippen LogP contribution in [0.5, 0.6) is 5.75 Å². The van der Waals surface area contributed by atoms with Gasteiger partial charge < -0.3 is 5.11 Å². The SMILES string of the molecule is CC[C@H](C)c1cc(C)cc([C@@H](C)C2CC2)c1O. The first-order valence-electron chi connectivity index (χ1n) is 6.88. The monoisotopic (exact) mass is 232 g/mol. The zero-order chi connectivity index (χ0) is 12.6. The van der Waals surface area contributed by atoms with Crippen molar-refractivity contribution in [1.82, 2.24) is 0 Å². The molecule has 1 aliphatic rings. The van der Waals surface area contributed by atoms with Gasteiger partial charge in [0.25, 0.3) is 0 Å². The molecule has 1 aromatic rings. The molecule has 2 rings (SSSR count). The van der Waals surface area contributed by atoms with E-state index in [1.165, 1.54) is 24.0 Å². The zero-order valence-corrected chi connectivity index (χ0v) is 11.5. The van der Waals surface area contributed by atoms with E-state index in [2.05, 4.69) is 39.8 Å². The number of aryl methyl sites for hydroxylation is 1. The molecule has 17 heavy (non-hydrogen) atoms. The van der Waals surface area contributed by atoms with Crippen molar-refractivity contribution in [1.29, 1.82) is 0 Å². The third kappa shape index (κ3) is 2.48. The van der Waals surface area contributed by atoms with Gasteiger partial charge in [0.15, 0.2) is 0 Å². The van der Waals surface area contributed by atoms with Crippen LogP contribution in [0, 0.1) is 12.8 Å². The fourth-order valence-corrected chi connectivity index (χ4v) is 2.63. The maximum absolute atomic E-state index is 10.5. The Balaban J connectivity index is 2.41. The van der Waals surface area contributed by atoms with Gasteiger partial charge in [0, 0.05) is 0 Å². The van der Waals surface area contributed by atoms with Crippen LogP contribution in [0.4, 0.5) is 0 Å². The van der Waals surface area contributed by atoms with Crippen LogP contribution in [0.2, 0.25) is 0 Å². The van der Waals surface area contributed by atoms with Crippen LogP contribution in [0.3, 0.4) is 0 Å². The number of benzene rings is 1. The molecule has 0 radical (unpaired) electrons. The largest absolute Gasteiger partial charge is 0.507 e. The second kappa shape index (κ2) is 4.72. The fourth-order valence-electron chi connectivity index (χ4n) is 2.63. The van der Waals surface area contributed by atoms with Crippen LogP contribution < -0.4 is 0 Å². The lowest BCUT2D eigenvalue weighted by atomic mass is 9.87. The third-order valence-corrected chi connectivity index (χ3v) is 4.28. The molecule has 1 N–H and O–H groups in total. The minimum atomic E-state index is 0.444. The van der Waals surface area contributed by atoms with Crippen LogP contribution in [-0.4, -0.2) is 5.11 Å². The van der Waals surface area contributed by atoms with E-state index in [1.54, 1.807) is 0 Å². The normalized spacial score (nSPS) is 19.1. The van der Waals surface area contributed by atoms with Gasteiger partial charge in [-0.1, -0.05) is 38.5 Å². The number of phenolic OH excluding ortho intramolecular Hbond substituents is 1. The number of aromatic hydroxyl groups is 1. The van der Waals surface area contributed by atoms with Crippen LogP contribution in [0.25, 0.3) is 0 Å². The van der Waals surface area contributed by atoms with Crippen LogP contribution in [0.1, 0.15) is 68.6 Å². The summed E-state index contributed by atoms with van der Waals surface area (Å²) in [7, 11) is 0. The van der Waals surface area contributed by atoms with E-state index in [0.717, 1.165) is 17.9 Å². The summed E-state index contributed by atoms with van der Waals surface area (Å²) in [5.74, 6) is 2.31. The highest BCUT2D eigenvalue weighted by atomic mass is 16.3. The van der Waals surface area contributed by atoms with E-state index in [1.807, 2.05) is 0 Å². The van der Waals surface area contributed by atoms with Gasteiger partial charge in [0.1, 0.15) is 5.75 Å². The Labute approximate surface area is 105 Å². The molecule has 0 aliphatic heterocycles. The second-order valence-electron chi connectivity index (χ2n) is 5.73. The molecule has 94 valence electrons. The Hall–Kier alpha value is -0.980. The number of rotatable bonds is 4. The molecular formula is C16H24O. The predicted octanol–water partition coefficient (Wildman–Crippen LogP) is 4.73. The quantitative estimate of drug-likeness (QED) is 0.795. The summed E-state index contributed by atoms with van der Waals surface area (Å²) in [5.41, 5.74) is 3.58. The van der Waals surface area contributed by atoms with E-state index >= 15 is 0 Å². The summed E-state index contributed by atoms with van der Waals surface area (Å²) in [5, 5.41) is 10.5. The minimum Gasteiger partial charge on any atom is -0.507 e. The van der Waals surface area contributed by atoms with E-state index < -0.39 is 0 Å². The van der Waals surface area contributed by atoms with E-state index in [4.69, 9.17) is 0 Å². The van der Waals surface area contributed by atoms with Gasteiger partial charge in [-0.3, -0.25) is 0 Å². The van der Waals surface area contributed by atoms with Gasteiger partial charge >= 0.3 is 0 Å². The van der Waals surface area contributed by atoms with Crippen molar-refractivity contribution in [2.24, 2.45) is 5.92 Å². The summed E-state index contributed by atoms with van der Waals surface area (Å²) in [4.78, 5) is 0. The molecule has 1 aromatic carbocycles. The number of hydrogen-bond donors (Lipinski definition) is 1. The third-order valence-electron chi connectivity index (χ3n) is 4.28. The first kappa shape index (κ1) is 12.5. The minimum absolute atomic E-state index is 0.444. The lowest BCUT2D eigenvalue weighted by molar-refractivity contribution is 0.445. The highest BCUT2D eigenvalue weighted by Gasteiger charge is 2.31. The molecule has 0 saturated heterocycles. The van der Waals surface area contributed by atoms with Gasteiger partial charge in [-0.05, 0) is 55.1 Å². The van der Waals surface area contributed by atoms with Crippen molar-refractivity contribution in [2.45, 2.75) is 58.8 Å². The number of phenols is 1. The molecule has 2 atom stereocenters. The average Bonchev–Trinajstić information content (AvgIpc) is 3.13. The summed E-state index contributed by atoms with van der Waals surface area (Å²) < 4.78 is 0. The Kier molecular flexibility index (Phi) is 3.46. The van der Waals surface area contributed by atoms with Gasteiger partial charge in [-0.2, -0.15) is 0 Å². The van der Waals surface area contributed by atoms with Gasteiger partial charge in [-0.15, -0.1) is 0 Å². The summed E-state index contributed by atoms with van der Waals surface area (Å²) in [6.07, 6.45) is 3.73. The highest BCUT2D eigenvalue weighted by molar-refractivity contribution is 5.47. The molecule has 0 spiro atoms. The zero-order valence-electron chi connectivity index (χ0n) is 11.5. The van der Waals surface area contributed by atoms with Crippen molar-refractivity contribution < 1.29 is 5.11 Å². The van der Waals surface area contributed by atoms with Crippen LogP contribution >= 0.6 is 0 Å². The van der Waals surface area contributed by atoms with Crippen molar-refractivity contribution in [3.05, 3.63) is 28.8 Å². The Morgan fingerprint density at radius 1 is 1.24 bits per heavy atom. The molecule has 1 saturated carbocycles. The van der Waals surface area contributed by atoms with Gasteiger partial charge in [0.2, 0.25) is 0 Å². The molecule has 1 fully saturated rings. The molecular weight excluding hydrogens is 208 g/mol. The van der Waals surface area contributed by atoms with E-state index in [0.29, 0.717) is 17.6 Å². The van der Waals surface area contributed by atoms with Crippen molar-refractivity contribution in [3.8, 4) is 5.75 Å². The average molecular weight is 232 g/mol. The van der Waals surface area contributed by atoms with E-state index in [9.17, 15) is 5.11 Å². The van der Waals surface area contributed by atoms with Gasteiger partial charge in [-0.25, -0.2) is 0 Å². The standard InChI is InChI=1S/C16H24O/c1-5-11(3)14-8-10(2)9-15(16(14)17)12(4)13-6-7-13/h8-9,11-13,17H,5-7H2,1-4H3/t11-,12-/m0/s1. The summed E-state index contributed by atoms with van der Waals surface area (Å²) in [6.45, 7) is 8.76. The van der Waals surface area contributed by atoms with E-state index in [-0.39, 0.29) is 0 Å².